The first-order valence-corrected chi connectivity index (χ1v) is 18.2. The van der Waals surface area contributed by atoms with E-state index in [1.807, 2.05) is 89.2 Å². The maximum Gasteiger partial charge on any atom is 0.307 e. The van der Waals surface area contributed by atoms with Crippen LogP contribution < -0.4 is 0 Å². The van der Waals surface area contributed by atoms with Gasteiger partial charge in [0.25, 0.3) is 0 Å². The normalized spacial score (nSPS) is 14.4. The second-order valence-electron chi connectivity index (χ2n) is 13.9. The minimum Gasteiger partial charge on any atom is -0.481 e. The molecule has 1 aromatic carbocycles. The van der Waals surface area contributed by atoms with Gasteiger partial charge in [0.1, 0.15) is 5.01 Å². The number of carbonyl (C=O) groups excluding carboxylic acids is 3. The van der Waals surface area contributed by atoms with Gasteiger partial charge in [-0.2, -0.15) is 0 Å². The summed E-state index contributed by atoms with van der Waals surface area (Å²) in [6.07, 6.45) is 1.91. The van der Waals surface area contributed by atoms with Crippen LogP contribution in [0.2, 0.25) is 0 Å². The molecule has 0 aliphatic heterocycles. The van der Waals surface area contributed by atoms with E-state index < -0.39 is 30.0 Å². The maximum absolute atomic E-state index is 13.7. The fraction of sp³-hybridized carbons (Fsp3) is 0.605. The average molecular weight is 700 g/mol. The minimum atomic E-state index is -0.858. The summed E-state index contributed by atoms with van der Waals surface area (Å²) in [5.74, 6) is -2.19. The average Bonchev–Trinajstić information content (AvgIpc) is 3.52. The molecule has 2 aromatic rings. The third-order valence-electron chi connectivity index (χ3n) is 8.84. The third-order valence-corrected chi connectivity index (χ3v) is 9.78. The van der Waals surface area contributed by atoms with E-state index in [1.54, 1.807) is 11.8 Å². The molecular weight excluding hydrogens is 642 g/mol. The molecule has 10 nitrogen and oxygen atoms in total. The van der Waals surface area contributed by atoms with Crippen molar-refractivity contribution in [2.75, 3.05) is 13.8 Å². The van der Waals surface area contributed by atoms with Crippen molar-refractivity contribution in [3.05, 3.63) is 58.6 Å². The molecule has 49 heavy (non-hydrogen) atoms. The van der Waals surface area contributed by atoms with Crippen LogP contribution in [-0.4, -0.2) is 69.6 Å². The monoisotopic (exact) mass is 699 g/mol. The highest BCUT2D eigenvalue weighted by Crippen LogP contribution is 2.33. The first-order valence-electron chi connectivity index (χ1n) is 17.3. The Morgan fingerprint density at radius 2 is 1.65 bits per heavy atom. The molecule has 0 aliphatic rings. The molecule has 0 unspecified atom stereocenters. The molecule has 0 radical (unpaired) electrons. The van der Waals surface area contributed by atoms with Crippen molar-refractivity contribution in [2.24, 2.45) is 23.7 Å². The van der Waals surface area contributed by atoms with Gasteiger partial charge in [0, 0.05) is 50.7 Å². The topological polar surface area (TPSA) is 126 Å². The minimum absolute atomic E-state index is 0.0572. The van der Waals surface area contributed by atoms with E-state index >= 15 is 0 Å². The number of amides is 1. The Kier molecular flexibility index (Phi) is 17.0. The van der Waals surface area contributed by atoms with Crippen LogP contribution in [0.3, 0.4) is 0 Å². The van der Waals surface area contributed by atoms with Gasteiger partial charge in [-0.3, -0.25) is 19.2 Å². The Morgan fingerprint density at radius 3 is 2.20 bits per heavy atom. The van der Waals surface area contributed by atoms with Gasteiger partial charge in [0.15, 0.2) is 12.8 Å². The van der Waals surface area contributed by atoms with E-state index in [0.29, 0.717) is 35.7 Å². The molecule has 0 spiro atoms. The van der Waals surface area contributed by atoms with Gasteiger partial charge >= 0.3 is 17.9 Å². The highest BCUT2D eigenvalue weighted by molar-refractivity contribution is 7.09. The fourth-order valence-corrected chi connectivity index (χ4v) is 6.44. The Balaban J connectivity index is 2.40. The van der Waals surface area contributed by atoms with Gasteiger partial charge in [0.2, 0.25) is 5.91 Å². The van der Waals surface area contributed by atoms with Crippen molar-refractivity contribution in [1.29, 1.82) is 0 Å². The number of aromatic nitrogens is 1. The van der Waals surface area contributed by atoms with Crippen LogP contribution in [0, 0.1) is 23.7 Å². The van der Waals surface area contributed by atoms with E-state index in [-0.39, 0.29) is 55.2 Å². The quantitative estimate of drug-likeness (QED) is 0.104. The van der Waals surface area contributed by atoms with Gasteiger partial charge in [-0.1, -0.05) is 91.8 Å². The number of hydrogen-bond donors (Lipinski definition) is 1. The summed E-state index contributed by atoms with van der Waals surface area (Å²) in [6, 6.07) is 9.33. The zero-order chi connectivity index (χ0) is 36.8. The van der Waals surface area contributed by atoms with Crippen LogP contribution >= 0.6 is 11.3 Å². The first-order chi connectivity index (χ1) is 23.0. The summed E-state index contributed by atoms with van der Waals surface area (Å²) in [4.78, 5) is 58.8. The van der Waals surface area contributed by atoms with Crippen molar-refractivity contribution in [1.82, 2.24) is 14.8 Å². The number of esters is 2. The number of nitrogens with zero attached hydrogens (tertiary/aromatic N) is 3. The summed E-state index contributed by atoms with van der Waals surface area (Å²) in [5.41, 5.74) is 2.29. The molecule has 5 atom stereocenters. The molecule has 0 aliphatic carbocycles. The zero-order valence-electron chi connectivity index (χ0n) is 30.8. The van der Waals surface area contributed by atoms with Crippen molar-refractivity contribution in [3.8, 4) is 0 Å². The lowest BCUT2D eigenvalue weighted by molar-refractivity contribution is -0.158. The lowest BCUT2D eigenvalue weighted by atomic mass is 9.94. The van der Waals surface area contributed by atoms with Crippen molar-refractivity contribution >= 4 is 40.8 Å². The van der Waals surface area contributed by atoms with Gasteiger partial charge < -0.3 is 24.4 Å². The molecule has 2 rings (SSSR count). The Labute approximate surface area is 296 Å². The summed E-state index contributed by atoms with van der Waals surface area (Å²) >= 11 is 1.33. The molecule has 272 valence electrons. The van der Waals surface area contributed by atoms with Gasteiger partial charge in [0.05, 0.1) is 17.3 Å². The van der Waals surface area contributed by atoms with E-state index in [2.05, 4.69) is 6.58 Å². The van der Waals surface area contributed by atoms with Crippen LogP contribution in [0.5, 0.6) is 0 Å². The highest BCUT2D eigenvalue weighted by atomic mass is 32.1. The van der Waals surface area contributed by atoms with Crippen LogP contribution in [-0.2, 0) is 35.1 Å². The van der Waals surface area contributed by atoms with Crippen molar-refractivity contribution < 1.29 is 33.8 Å². The predicted molar refractivity (Wildman–Crippen MR) is 193 cm³/mol. The lowest BCUT2D eigenvalue weighted by Crippen LogP contribution is -2.46. The number of thiazole rings is 1. The summed E-state index contributed by atoms with van der Waals surface area (Å²) < 4.78 is 11.5. The van der Waals surface area contributed by atoms with E-state index in [1.165, 1.54) is 18.3 Å². The number of likely N-dealkylation sites (N-methyl/N-ethyl adjacent to an activating group) is 1. The van der Waals surface area contributed by atoms with Gasteiger partial charge in [-0.05, 0) is 36.2 Å². The summed E-state index contributed by atoms with van der Waals surface area (Å²) in [6.45, 7) is 19.1. The fourth-order valence-electron chi connectivity index (χ4n) is 5.57. The molecular formula is C38H57N3O7S. The van der Waals surface area contributed by atoms with Crippen LogP contribution in [0.15, 0.2) is 42.3 Å². The molecule has 0 bridgehead atoms. The molecule has 0 saturated heterocycles. The lowest BCUT2D eigenvalue weighted by Gasteiger charge is -2.36. The number of carboxylic acid groups (broad SMARTS) is 1. The smallest absolute Gasteiger partial charge is 0.307 e. The molecule has 1 heterocycles. The number of carbonyl (C=O) groups is 4. The zero-order valence-corrected chi connectivity index (χ0v) is 31.6. The van der Waals surface area contributed by atoms with Crippen LogP contribution in [0.1, 0.15) is 110 Å². The van der Waals surface area contributed by atoms with E-state index in [4.69, 9.17) is 14.5 Å². The largest absolute Gasteiger partial charge is 0.481 e. The summed E-state index contributed by atoms with van der Waals surface area (Å²) in [7, 11) is 1.89. The SMILES string of the molecule is C=C(c1csc([C@@H](C[C@H](C(C)C)N(COC(=O)CC(C)C)C(=O)C[C@@H](C)CC)OC(C)=O)n1)N(C)[C@@H](Cc1ccccc1)C[C@H](C)C(=O)O. The Hall–Kier alpha value is -3.73. The van der Waals surface area contributed by atoms with Crippen molar-refractivity contribution in [2.45, 2.75) is 112 Å². The Morgan fingerprint density at radius 1 is 1.00 bits per heavy atom. The first kappa shape index (κ1) is 41.4. The predicted octanol–water partition coefficient (Wildman–Crippen LogP) is 7.60. The molecule has 1 aromatic heterocycles. The highest BCUT2D eigenvalue weighted by Gasteiger charge is 2.34. The third kappa shape index (κ3) is 13.6. The second kappa shape index (κ2) is 20.1. The van der Waals surface area contributed by atoms with Crippen LogP contribution in [0.4, 0.5) is 0 Å². The maximum atomic E-state index is 13.7. The summed E-state index contributed by atoms with van der Waals surface area (Å²) in [5, 5.41) is 12.1. The van der Waals surface area contributed by atoms with Gasteiger partial charge in [-0.15, -0.1) is 11.3 Å². The van der Waals surface area contributed by atoms with Gasteiger partial charge in [-0.25, -0.2) is 4.98 Å². The number of aliphatic carboxylic acids is 1. The van der Waals surface area contributed by atoms with Crippen molar-refractivity contribution in [3.63, 3.8) is 0 Å². The Bertz CT molecular complexity index is 1380. The number of carboxylic acids is 1. The number of hydrogen-bond acceptors (Lipinski definition) is 9. The standard InChI is InChI=1S/C38H57N3O7S/c1-11-26(6)18-35(43)41(23-47-36(44)17-24(2)3)33(25(4)5)21-34(48-29(9)42)37-39-32(22-49-37)28(8)40(10)31(19-27(7)38(45)46)20-30-15-13-12-14-16-30/h12-16,22,24-27,31,33-34H,8,11,17-21,23H2,1-7,9-10H3,(H,45,46)/t26-,27-,31+,33+,34+/m0/s1. The molecule has 0 fully saturated rings. The van der Waals surface area contributed by atoms with E-state index in [9.17, 15) is 24.3 Å². The molecule has 11 heteroatoms. The van der Waals surface area contributed by atoms with Crippen LogP contribution in [0.25, 0.3) is 5.70 Å². The number of rotatable bonds is 21. The second-order valence-corrected chi connectivity index (χ2v) is 14.8. The molecule has 1 N–H and O–H groups in total. The number of ether oxygens (including phenoxy) is 2. The van der Waals surface area contributed by atoms with E-state index in [0.717, 1.165) is 12.0 Å². The molecule has 0 saturated carbocycles. The molecule has 1 amide bonds. The number of benzene rings is 1.